The molecular weight excluding hydrogens is 424 g/mol. The first-order valence-corrected chi connectivity index (χ1v) is 9.60. The summed E-state index contributed by atoms with van der Waals surface area (Å²) in [6, 6.07) is 11.5. The van der Waals surface area contributed by atoms with Gasteiger partial charge in [-0.15, -0.1) is 11.3 Å². The summed E-state index contributed by atoms with van der Waals surface area (Å²) in [5.74, 6) is 0.737. The average Bonchev–Trinajstić information content (AvgIpc) is 2.94. The van der Waals surface area contributed by atoms with Crippen LogP contribution < -0.4 is 15.8 Å². The molecule has 3 rings (SSSR count). The monoisotopic (exact) mass is 440 g/mol. The second kappa shape index (κ2) is 7.13. The summed E-state index contributed by atoms with van der Waals surface area (Å²) in [4.78, 5) is 0.926. The van der Waals surface area contributed by atoms with Gasteiger partial charge in [0.2, 0.25) is 0 Å². The Morgan fingerprint density at radius 3 is 2.80 bits per heavy atom. The first-order chi connectivity index (χ1) is 11.9. The molecule has 0 bridgehead atoms. The van der Waals surface area contributed by atoms with Crippen molar-refractivity contribution in [3.05, 3.63) is 45.9 Å². The molecule has 0 saturated carbocycles. The van der Waals surface area contributed by atoms with Crippen molar-refractivity contribution in [2.45, 2.75) is 12.6 Å². The molecular formula is C18H18BrClN2O2S. The second-order valence-electron chi connectivity index (χ2n) is 5.87. The van der Waals surface area contributed by atoms with Crippen molar-refractivity contribution in [1.82, 2.24) is 0 Å². The zero-order chi connectivity index (χ0) is 18.2. The summed E-state index contributed by atoms with van der Waals surface area (Å²) in [5.41, 5.74) is 6.15. The van der Waals surface area contributed by atoms with Gasteiger partial charge in [0, 0.05) is 22.0 Å². The minimum Gasteiger partial charge on any atom is -0.496 e. The first-order valence-electron chi connectivity index (χ1n) is 7.62. The number of hydrogen-bond acceptors (Lipinski definition) is 5. The summed E-state index contributed by atoms with van der Waals surface area (Å²) < 4.78 is 7.41. The smallest absolute Gasteiger partial charge is 0.145 e. The molecule has 0 radical (unpaired) electrons. The molecule has 1 atom stereocenters. The van der Waals surface area contributed by atoms with Crippen LogP contribution in [0, 0.1) is 0 Å². The van der Waals surface area contributed by atoms with Gasteiger partial charge in [-0.25, -0.2) is 0 Å². The van der Waals surface area contributed by atoms with E-state index in [-0.39, 0.29) is 6.54 Å². The van der Waals surface area contributed by atoms with Crippen LogP contribution in [0.5, 0.6) is 5.75 Å². The van der Waals surface area contributed by atoms with Gasteiger partial charge in [-0.3, -0.25) is 0 Å². The molecule has 2 aromatic carbocycles. The highest BCUT2D eigenvalue weighted by atomic mass is 79.9. The van der Waals surface area contributed by atoms with Gasteiger partial charge in [0.05, 0.1) is 27.4 Å². The lowest BCUT2D eigenvalue weighted by Gasteiger charge is -2.25. The van der Waals surface area contributed by atoms with Crippen LogP contribution in [0.25, 0.3) is 20.5 Å². The largest absolute Gasteiger partial charge is 0.496 e. The molecule has 1 heterocycles. The Kier molecular flexibility index (Phi) is 5.27. The summed E-state index contributed by atoms with van der Waals surface area (Å²) in [7, 11) is 1.64. The van der Waals surface area contributed by atoms with Crippen molar-refractivity contribution in [2.75, 3.05) is 19.0 Å². The summed E-state index contributed by atoms with van der Waals surface area (Å²) >= 11 is 11.5. The van der Waals surface area contributed by atoms with Crippen LogP contribution in [0.1, 0.15) is 6.92 Å². The molecule has 0 amide bonds. The Morgan fingerprint density at radius 1 is 1.36 bits per heavy atom. The number of anilines is 1. The summed E-state index contributed by atoms with van der Waals surface area (Å²) in [6.07, 6.45) is 0. The molecule has 0 aliphatic rings. The maximum Gasteiger partial charge on any atom is 0.145 e. The van der Waals surface area contributed by atoms with E-state index >= 15 is 0 Å². The van der Waals surface area contributed by atoms with E-state index in [1.54, 1.807) is 25.4 Å². The number of thiophene rings is 1. The topological polar surface area (TPSA) is 67.5 Å². The molecule has 4 N–H and O–H groups in total. The van der Waals surface area contributed by atoms with Crippen LogP contribution in [0.15, 0.2) is 40.9 Å². The standard InChI is InChI=1S/C18H18BrClN2O2S/c1-18(23,9-21)22-15-11-4-3-5-13(20)16(11)25-17(15)12-8-10(19)6-7-14(12)24-2/h3-8,22-23H,9,21H2,1-2H3. The zero-order valence-electron chi connectivity index (χ0n) is 13.8. The fourth-order valence-electron chi connectivity index (χ4n) is 2.58. The molecule has 25 heavy (non-hydrogen) atoms. The summed E-state index contributed by atoms with van der Waals surface area (Å²) in [6.45, 7) is 1.71. The maximum atomic E-state index is 10.5. The lowest BCUT2D eigenvalue weighted by molar-refractivity contribution is 0.0998. The number of halogens is 2. The predicted molar refractivity (Wildman–Crippen MR) is 110 cm³/mol. The molecule has 1 aromatic heterocycles. The third-order valence-corrected chi connectivity index (χ3v) is 6.06. The fourth-order valence-corrected chi connectivity index (χ4v) is 4.41. The molecule has 4 nitrogen and oxygen atoms in total. The minimum atomic E-state index is -1.25. The van der Waals surface area contributed by atoms with Crippen molar-refractivity contribution in [2.24, 2.45) is 5.73 Å². The third kappa shape index (κ3) is 3.64. The Labute approximate surface area is 163 Å². The number of fused-ring (bicyclic) bond motifs is 1. The normalized spacial score (nSPS) is 13.7. The third-order valence-electron chi connectivity index (χ3n) is 3.87. The zero-order valence-corrected chi connectivity index (χ0v) is 16.9. The Balaban J connectivity index is 2.31. The number of hydrogen-bond donors (Lipinski definition) is 3. The highest BCUT2D eigenvalue weighted by Gasteiger charge is 2.25. The van der Waals surface area contributed by atoms with Gasteiger partial charge in [0.15, 0.2) is 0 Å². The Morgan fingerprint density at radius 2 is 2.12 bits per heavy atom. The molecule has 3 aromatic rings. The van der Waals surface area contributed by atoms with Crippen LogP contribution in [-0.2, 0) is 0 Å². The van der Waals surface area contributed by atoms with Crippen molar-refractivity contribution < 1.29 is 9.84 Å². The van der Waals surface area contributed by atoms with E-state index in [2.05, 4.69) is 21.2 Å². The molecule has 0 aliphatic carbocycles. The highest BCUT2D eigenvalue weighted by Crippen LogP contribution is 2.48. The Hall–Kier alpha value is -1.31. The fraction of sp³-hybridized carbons (Fsp3) is 0.222. The number of rotatable bonds is 5. The number of methoxy groups -OCH3 is 1. The molecule has 0 fully saturated rings. The number of nitrogens with two attached hydrogens (primary N) is 1. The van der Waals surface area contributed by atoms with E-state index in [1.165, 1.54) is 0 Å². The molecule has 132 valence electrons. The minimum absolute atomic E-state index is 0.0694. The number of ether oxygens (including phenoxy) is 1. The maximum absolute atomic E-state index is 10.5. The summed E-state index contributed by atoms with van der Waals surface area (Å²) in [5, 5.41) is 15.2. The van der Waals surface area contributed by atoms with E-state index in [4.69, 9.17) is 22.1 Å². The number of nitrogens with one attached hydrogen (secondary N) is 1. The van der Waals surface area contributed by atoms with Gasteiger partial charge in [0.25, 0.3) is 0 Å². The van der Waals surface area contributed by atoms with Crippen LogP contribution >= 0.6 is 38.9 Å². The van der Waals surface area contributed by atoms with Crippen molar-refractivity contribution >= 4 is 54.6 Å². The van der Waals surface area contributed by atoms with E-state index in [0.29, 0.717) is 5.02 Å². The molecule has 7 heteroatoms. The molecule has 0 spiro atoms. The molecule has 1 unspecified atom stereocenters. The van der Waals surface area contributed by atoms with Crippen LogP contribution in [0.3, 0.4) is 0 Å². The lowest BCUT2D eigenvalue weighted by Crippen LogP contribution is -2.42. The van der Waals surface area contributed by atoms with Gasteiger partial charge in [-0.05, 0) is 31.2 Å². The molecule has 0 saturated heterocycles. The number of benzene rings is 2. The van der Waals surface area contributed by atoms with E-state index in [9.17, 15) is 5.11 Å². The van der Waals surface area contributed by atoms with Crippen molar-refractivity contribution in [3.63, 3.8) is 0 Å². The predicted octanol–water partition coefficient (Wildman–Crippen LogP) is 5.07. The van der Waals surface area contributed by atoms with Gasteiger partial charge >= 0.3 is 0 Å². The SMILES string of the molecule is COc1ccc(Br)cc1-c1sc2c(Cl)cccc2c1NC(C)(O)CN. The van der Waals surface area contributed by atoms with E-state index < -0.39 is 5.72 Å². The van der Waals surface area contributed by atoms with Crippen molar-refractivity contribution in [3.8, 4) is 16.2 Å². The quantitative estimate of drug-likeness (QED) is 0.483. The van der Waals surface area contributed by atoms with Gasteiger partial charge in [-0.2, -0.15) is 0 Å². The van der Waals surface area contributed by atoms with Gasteiger partial charge < -0.3 is 20.9 Å². The Bertz CT molecular complexity index is 927. The second-order valence-corrected chi connectivity index (χ2v) is 8.21. The lowest BCUT2D eigenvalue weighted by atomic mass is 10.1. The van der Waals surface area contributed by atoms with Gasteiger partial charge in [0.1, 0.15) is 11.5 Å². The van der Waals surface area contributed by atoms with Crippen LogP contribution in [-0.4, -0.2) is 24.5 Å². The average molecular weight is 442 g/mol. The van der Waals surface area contributed by atoms with Crippen molar-refractivity contribution in [1.29, 1.82) is 0 Å². The highest BCUT2D eigenvalue weighted by molar-refractivity contribution is 9.10. The van der Waals surface area contributed by atoms with Crippen LogP contribution in [0.2, 0.25) is 5.02 Å². The molecule has 0 aliphatic heterocycles. The van der Waals surface area contributed by atoms with E-state index in [0.717, 1.165) is 36.4 Å². The number of aliphatic hydroxyl groups is 1. The van der Waals surface area contributed by atoms with E-state index in [1.807, 2.05) is 36.4 Å². The first kappa shape index (κ1) is 18.5. The van der Waals surface area contributed by atoms with Gasteiger partial charge in [-0.1, -0.05) is 39.7 Å². The van der Waals surface area contributed by atoms with Crippen LogP contribution in [0.4, 0.5) is 5.69 Å².